The summed E-state index contributed by atoms with van der Waals surface area (Å²) in [5, 5.41) is 0. The minimum atomic E-state index is -1.54. The molecule has 0 aliphatic carbocycles. The third-order valence-corrected chi connectivity index (χ3v) is 1.36. The molecule has 6 heteroatoms. The quantitative estimate of drug-likeness (QED) is 0.332. The Hall–Kier alpha value is 0.0400. The molecule has 0 aromatic heterocycles. The molecule has 0 heterocycles. The second-order valence-electron chi connectivity index (χ2n) is 2.17. The fourth-order valence-electron chi connectivity index (χ4n) is 0.485. The number of carbonyl (C=O) groups is 1. The van der Waals surface area contributed by atoms with Gasteiger partial charge in [-0.1, -0.05) is 41.4 Å². The van der Waals surface area contributed by atoms with Crippen LogP contribution >= 0.6 is 34.8 Å². The molecule has 0 bridgehead atoms. The molecule has 0 radical (unpaired) electrons. The predicted octanol–water partition coefficient (Wildman–Crippen LogP) is 2.80. The summed E-state index contributed by atoms with van der Waals surface area (Å²) >= 11 is 16.3. The summed E-state index contributed by atoms with van der Waals surface area (Å²) in [5.41, 5.74) is 0.0495. The van der Waals surface area contributed by atoms with E-state index in [4.69, 9.17) is 34.8 Å². The molecule has 0 fully saturated rings. The SMILES string of the molecule is C=C(CC(Cl)(Cl)Cl)C(=O)OOCC. The molecule has 0 aliphatic rings. The van der Waals surface area contributed by atoms with Crippen molar-refractivity contribution in [3.05, 3.63) is 12.2 Å². The molecule has 13 heavy (non-hydrogen) atoms. The molecule has 0 aromatic carbocycles. The lowest BCUT2D eigenvalue weighted by Gasteiger charge is -2.10. The van der Waals surface area contributed by atoms with Crippen molar-refractivity contribution in [2.24, 2.45) is 0 Å². The van der Waals surface area contributed by atoms with Gasteiger partial charge in [0, 0.05) is 12.0 Å². The zero-order valence-corrected chi connectivity index (χ0v) is 9.25. The lowest BCUT2D eigenvalue weighted by molar-refractivity contribution is -0.265. The molecule has 0 saturated carbocycles. The number of carbonyl (C=O) groups excluding carboxylic acids is 1. The second kappa shape index (κ2) is 5.70. The average molecular weight is 248 g/mol. The van der Waals surface area contributed by atoms with Gasteiger partial charge in [0.15, 0.2) is 3.79 Å². The molecule has 3 nitrogen and oxygen atoms in total. The zero-order chi connectivity index (χ0) is 10.5. The molecule has 0 unspecified atom stereocenters. The van der Waals surface area contributed by atoms with Crippen LogP contribution in [0.5, 0.6) is 0 Å². The van der Waals surface area contributed by atoms with Crippen LogP contribution in [0.4, 0.5) is 0 Å². The minimum Gasteiger partial charge on any atom is -0.293 e. The predicted molar refractivity (Wildman–Crippen MR) is 51.8 cm³/mol. The Bertz CT molecular complexity index is 198. The largest absolute Gasteiger partial charge is 0.368 e. The van der Waals surface area contributed by atoms with Gasteiger partial charge in [0.2, 0.25) is 0 Å². The number of hydrogen-bond donors (Lipinski definition) is 0. The van der Waals surface area contributed by atoms with Crippen molar-refractivity contribution < 1.29 is 14.6 Å². The summed E-state index contributed by atoms with van der Waals surface area (Å²) in [5.74, 6) is -0.729. The van der Waals surface area contributed by atoms with Crippen LogP contribution < -0.4 is 0 Å². The Labute approximate surface area is 91.5 Å². The second-order valence-corrected chi connectivity index (χ2v) is 4.69. The fraction of sp³-hybridized carbons (Fsp3) is 0.571. The number of rotatable bonds is 4. The van der Waals surface area contributed by atoms with Crippen molar-refractivity contribution >= 4 is 40.8 Å². The first kappa shape index (κ1) is 13.0. The maximum absolute atomic E-state index is 11.0. The van der Waals surface area contributed by atoms with Crippen molar-refractivity contribution in [2.45, 2.75) is 17.1 Å². The van der Waals surface area contributed by atoms with E-state index in [0.29, 0.717) is 0 Å². The van der Waals surface area contributed by atoms with Gasteiger partial charge >= 0.3 is 5.97 Å². The molecule has 76 valence electrons. The molecule has 0 aliphatic heterocycles. The Morgan fingerprint density at radius 2 is 2.00 bits per heavy atom. The Kier molecular flexibility index (Phi) is 5.72. The smallest absolute Gasteiger partial charge is 0.293 e. The lowest BCUT2D eigenvalue weighted by Crippen LogP contribution is -2.13. The molecular weight excluding hydrogens is 238 g/mol. The monoisotopic (exact) mass is 246 g/mol. The maximum atomic E-state index is 11.0. The summed E-state index contributed by atoms with van der Waals surface area (Å²) in [6.07, 6.45) is -0.0937. The zero-order valence-electron chi connectivity index (χ0n) is 6.98. The van der Waals surface area contributed by atoms with Gasteiger partial charge in [-0.3, -0.25) is 4.89 Å². The van der Waals surface area contributed by atoms with Crippen molar-refractivity contribution in [1.29, 1.82) is 0 Å². The van der Waals surface area contributed by atoms with E-state index in [9.17, 15) is 4.79 Å². The van der Waals surface area contributed by atoms with E-state index in [1.807, 2.05) is 0 Å². The van der Waals surface area contributed by atoms with Crippen LogP contribution in [-0.2, 0) is 14.6 Å². The number of hydrogen-bond acceptors (Lipinski definition) is 3. The van der Waals surface area contributed by atoms with Crippen molar-refractivity contribution in [1.82, 2.24) is 0 Å². The van der Waals surface area contributed by atoms with Gasteiger partial charge in [-0.15, -0.1) is 0 Å². The van der Waals surface area contributed by atoms with Gasteiger partial charge in [0.25, 0.3) is 0 Å². The van der Waals surface area contributed by atoms with E-state index in [-0.39, 0.29) is 18.6 Å². The first-order valence-electron chi connectivity index (χ1n) is 3.45. The molecule has 0 aromatic rings. The minimum absolute atomic E-state index is 0.0495. The topological polar surface area (TPSA) is 35.5 Å². The summed E-state index contributed by atoms with van der Waals surface area (Å²) in [6.45, 7) is 5.31. The van der Waals surface area contributed by atoms with Crippen molar-refractivity contribution in [2.75, 3.05) is 6.61 Å². The first-order valence-corrected chi connectivity index (χ1v) is 4.58. The molecule has 0 atom stereocenters. The Morgan fingerprint density at radius 1 is 1.46 bits per heavy atom. The van der Waals surface area contributed by atoms with Gasteiger partial charge in [0.1, 0.15) is 0 Å². The van der Waals surface area contributed by atoms with Crippen molar-refractivity contribution in [3.63, 3.8) is 0 Å². The highest BCUT2D eigenvalue weighted by Crippen LogP contribution is 2.32. The standard InChI is InChI=1S/C7H9Cl3O3/c1-3-12-13-6(11)5(2)4-7(8,9)10/h2-4H2,1H3. The normalized spacial score (nSPS) is 11.1. The van der Waals surface area contributed by atoms with E-state index < -0.39 is 9.76 Å². The highest BCUT2D eigenvalue weighted by molar-refractivity contribution is 6.67. The van der Waals surface area contributed by atoms with E-state index in [1.165, 1.54) is 0 Å². The van der Waals surface area contributed by atoms with Crippen LogP contribution in [0, 0.1) is 0 Å². The summed E-state index contributed by atoms with van der Waals surface area (Å²) in [4.78, 5) is 19.6. The molecule has 0 spiro atoms. The van der Waals surface area contributed by atoms with E-state index in [1.54, 1.807) is 6.92 Å². The van der Waals surface area contributed by atoms with Gasteiger partial charge < -0.3 is 0 Å². The molecule has 0 saturated heterocycles. The third kappa shape index (κ3) is 7.14. The number of alkyl halides is 3. The molecule has 0 N–H and O–H groups in total. The van der Waals surface area contributed by atoms with Crippen LogP contribution in [0.15, 0.2) is 12.2 Å². The molecule has 0 rings (SSSR count). The van der Waals surface area contributed by atoms with Gasteiger partial charge in [0.05, 0.1) is 6.61 Å². The summed E-state index contributed by atoms with van der Waals surface area (Å²) in [7, 11) is 0. The van der Waals surface area contributed by atoms with Crippen LogP contribution in [0.1, 0.15) is 13.3 Å². The van der Waals surface area contributed by atoms with E-state index in [2.05, 4.69) is 16.4 Å². The lowest BCUT2D eigenvalue weighted by atomic mass is 10.2. The Balaban J connectivity index is 3.91. The summed E-state index contributed by atoms with van der Waals surface area (Å²) < 4.78 is -1.54. The van der Waals surface area contributed by atoms with Gasteiger partial charge in [-0.25, -0.2) is 4.79 Å². The first-order chi connectivity index (χ1) is 5.87. The Morgan fingerprint density at radius 3 is 2.38 bits per heavy atom. The fourth-order valence-corrected chi connectivity index (χ4v) is 0.969. The van der Waals surface area contributed by atoms with Crippen molar-refractivity contribution in [3.8, 4) is 0 Å². The van der Waals surface area contributed by atoms with E-state index >= 15 is 0 Å². The highest BCUT2D eigenvalue weighted by Gasteiger charge is 2.24. The average Bonchev–Trinajstić information content (AvgIpc) is 1.96. The molecular formula is C7H9Cl3O3. The highest BCUT2D eigenvalue weighted by atomic mass is 35.6. The third-order valence-electron chi connectivity index (χ3n) is 0.955. The van der Waals surface area contributed by atoms with E-state index in [0.717, 1.165) is 0 Å². The van der Waals surface area contributed by atoms with Gasteiger partial charge in [-0.05, 0) is 6.92 Å². The van der Waals surface area contributed by atoms with Crippen LogP contribution in [0.2, 0.25) is 0 Å². The van der Waals surface area contributed by atoms with Crippen LogP contribution in [0.25, 0.3) is 0 Å². The maximum Gasteiger partial charge on any atom is 0.368 e. The number of halogens is 3. The molecule has 0 amide bonds. The van der Waals surface area contributed by atoms with Crippen LogP contribution in [-0.4, -0.2) is 16.4 Å². The summed E-state index contributed by atoms with van der Waals surface area (Å²) in [6, 6.07) is 0. The van der Waals surface area contributed by atoms with Crippen LogP contribution in [0.3, 0.4) is 0 Å². The van der Waals surface area contributed by atoms with Gasteiger partial charge in [-0.2, -0.15) is 4.89 Å².